The monoisotopic (exact) mass is 510 g/mol. The van der Waals surface area contributed by atoms with Crippen LogP contribution in [0.15, 0.2) is 55.1 Å². The van der Waals surface area contributed by atoms with E-state index in [9.17, 15) is 5.26 Å². The van der Waals surface area contributed by atoms with E-state index < -0.39 is 0 Å². The van der Waals surface area contributed by atoms with Gasteiger partial charge in [-0.25, -0.2) is 14.5 Å². The topological polar surface area (TPSA) is 95.1 Å². The van der Waals surface area contributed by atoms with E-state index >= 15 is 0 Å². The van der Waals surface area contributed by atoms with Gasteiger partial charge in [-0.3, -0.25) is 4.90 Å². The Hall–Kier alpha value is -4.20. The first kappa shape index (κ1) is 24.2. The molecule has 0 N–H and O–H groups in total. The molecule has 0 atom stereocenters. The molecule has 10 nitrogen and oxygen atoms in total. The summed E-state index contributed by atoms with van der Waals surface area (Å²) in [6.07, 6.45) is 7.64. The van der Waals surface area contributed by atoms with Crippen molar-refractivity contribution in [3.63, 3.8) is 0 Å². The van der Waals surface area contributed by atoms with Gasteiger partial charge >= 0.3 is 0 Å². The van der Waals surface area contributed by atoms with Gasteiger partial charge in [-0.2, -0.15) is 10.4 Å². The van der Waals surface area contributed by atoms with Crippen LogP contribution in [0.5, 0.6) is 5.88 Å². The van der Waals surface area contributed by atoms with Crippen molar-refractivity contribution in [1.29, 1.82) is 5.26 Å². The molecule has 0 amide bonds. The molecule has 2 aliphatic heterocycles. The molecular weight excluding hydrogens is 480 g/mol. The van der Waals surface area contributed by atoms with Gasteiger partial charge in [0.2, 0.25) is 5.88 Å². The highest BCUT2D eigenvalue weighted by Crippen LogP contribution is 2.33. The van der Waals surface area contributed by atoms with Crippen LogP contribution in [0.25, 0.3) is 16.6 Å². The molecule has 6 heterocycles. The van der Waals surface area contributed by atoms with E-state index in [1.807, 2.05) is 24.7 Å². The normalized spacial score (nSPS) is 16.4. The zero-order valence-electron chi connectivity index (χ0n) is 21.6. The van der Waals surface area contributed by atoms with Gasteiger partial charge in [-0.1, -0.05) is 6.07 Å². The van der Waals surface area contributed by atoms with Crippen LogP contribution in [0.2, 0.25) is 0 Å². The first-order valence-corrected chi connectivity index (χ1v) is 12.8. The number of nitriles is 1. The van der Waals surface area contributed by atoms with E-state index in [1.54, 1.807) is 24.9 Å². The third-order valence-corrected chi connectivity index (χ3v) is 7.43. The van der Waals surface area contributed by atoms with Crippen LogP contribution >= 0.6 is 0 Å². The highest BCUT2D eigenvalue weighted by molar-refractivity contribution is 5.86. The van der Waals surface area contributed by atoms with Gasteiger partial charge in [0.25, 0.3) is 0 Å². The van der Waals surface area contributed by atoms with E-state index in [2.05, 4.69) is 55.1 Å². The summed E-state index contributed by atoms with van der Waals surface area (Å²) in [5, 5.41) is 14.1. The number of methoxy groups -OCH3 is 2. The van der Waals surface area contributed by atoms with Crippen molar-refractivity contribution >= 4 is 17.0 Å². The Kier molecular flexibility index (Phi) is 6.54. The van der Waals surface area contributed by atoms with Gasteiger partial charge in [-0.15, -0.1) is 0 Å². The number of aromatic nitrogens is 4. The molecule has 0 aliphatic carbocycles. The average Bonchev–Trinajstić information content (AvgIpc) is 3.36. The molecule has 38 heavy (non-hydrogen) atoms. The quantitative estimate of drug-likeness (QED) is 0.372. The predicted octanol–water partition coefficient (Wildman–Crippen LogP) is 2.83. The Bertz CT molecular complexity index is 1450. The van der Waals surface area contributed by atoms with Gasteiger partial charge in [-0.05, 0) is 23.8 Å². The minimum absolute atomic E-state index is 0.246. The molecule has 10 heteroatoms. The third-order valence-electron chi connectivity index (χ3n) is 7.43. The maximum absolute atomic E-state index is 9.69. The fourth-order valence-electron chi connectivity index (χ4n) is 5.13. The van der Waals surface area contributed by atoms with Crippen LogP contribution in [0.3, 0.4) is 0 Å². The molecule has 2 saturated heterocycles. The standard InChI is InChI=1S/C28H30N8O2/c1-37-24-18-35(19-24)23-11-25(28-22(12-29)15-32-36(28)17-23)21-4-5-26(30-14-21)34-9-7-33(8-10-34)16-20-3-6-27(38-2)31-13-20/h3-6,11,13-15,17,24H,7-10,16,18-19H2,1-2H3. The lowest BCUT2D eigenvalue weighted by molar-refractivity contribution is 0.0787. The van der Waals surface area contributed by atoms with Gasteiger partial charge < -0.3 is 19.3 Å². The van der Waals surface area contributed by atoms with Crippen LogP contribution in [0.4, 0.5) is 11.5 Å². The van der Waals surface area contributed by atoms with E-state index in [1.165, 1.54) is 5.56 Å². The van der Waals surface area contributed by atoms with E-state index in [4.69, 9.17) is 14.5 Å². The molecular formula is C28H30N8O2. The van der Waals surface area contributed by atoms with Crippen molar-refractivity contribution in [2.45, 2.75) is 12.6 Å². The Morgan fingerprint density at radius 1 is 0.974 bits per heavy atom. The fraction of sp³-hybridized carbons (Fsp3) is 0.357. The minimum Gasteiger partial charge on any atom is -0.481 e. The SMILES string of the molecule is COc1ccc(CN2CCN(c3ccc(-c4cc(N5CC(OC)C5)cn5ncc(C#N)c45)cn3)CC2)cn1. The Morgan fingerprint density at radius 3 is 2.47 bits per heavy atom. The number of fused-ring (bicyclic) bond motifs is 1. The number of anilines is 2. The van der Waals surface area contributed by atoms with Gasteiger partial charge in [0, 0.05) is 82.5 Å². The zero-order valence-corrected chi connectivity index (χ0v) is 21.6. The third kappa shape index (κ3) is 4.62. The number of nitrogens with zero attached hydrogens (tertiary/aromatic N) is 8. The van der Waals surface area contributed by atoms with Crippen LogP contribution in [0.1, 0.15) is 11.1 Å². The largest absolute Gasteiger partial charge is 0.481 e. The summed E-state index contributed by atoms with van der Waals surface area (Å²) in [5.74, 6) is 1.60. The van der Waals surface area contributed by atoms with E-state index in [0.717, 1.165) is 74.0 Å². The van der Waals surface area contributed by atoms with Gasteiger partial charge in [0.1, 0.15) is 11.9 Å². The second-order valence-electron chi connectivity index (χ2n) is 9.71. The van der Waals surface area contributed by atoms with Crippen LogP contribution in [0, 0.1) is 11.3 Å². The fourth-order valence-corrected chi connectivity index (χ4v) is 5.13. The molecule has 4 aromatic rings. The summed E-state index contributed by atoms with van der Waals surface area (Å²) in [7, 11) is 3.38. The Labute approximate surface area is 221 Å². The number of rotatable bonds is 7. The first-order valence-electron chi connectivity index (χ1n) is 12.8. The lowest BCUT2D eigenvalue weighted by atomic mass is 10.0. The first-order chi connectivity index (χ1) is 18.6. The summed E-state index contributed by atoms with van der Waals surface area (Å²) < 4.78 is 12.4. The van der Waals surface area contributed by atoms with Crippen molar-refractivity contribution in [2.24, 2.45) is 0 Å². The lowest BCUT2D eigenvalue weighted by Gasteiger charge is -2.40. The van der Waals surface area contributed by atoms with Crippen molar-refractivity contribution < 1.29 is 9.47 Å². The molecule has 0 bridgehead atoms. The maximum atomic E-state index is 9.69. The second-order valence-corrected chi connectivity index (χ2v) is 9.71. The molecule has 194 valence electrons. The molecule has 2 fully saturated rings. The highest BCUT2D eigenvalue weighted by Gasteiger charge is 2.28. The number of hydrogen-bond donors (Lipinski definition) is 0. The molecule has 4 aromatic heterocycles. The van der Waals surface area contributed by atoms with Crippen molar-refractivity contribution in [3.8, 4) is 23.1 Å². The molecule has 0 radical (unpaired) electrons. The Balaban J connectivity index is 1.17. The summed E-state index contributed by atoms with van der Waals surface area (Å²) in [5.41, 5.74) is 5.51. The lowest BCUT2D eigenvalue weighted by Crippen LogP contribution is -2.52. The summed E-state index contributed by atoms with van der Waals surface area (Å²) in [6.45, 7) is 6.28. The van der Waals surface area contributed by atoms with Crippen molar-refractivity contribution in [2.75, 3.05) is 63.3 Å². The Morgan fingerprint density at radius 2 is 1.82 bits per heavy atom. The number of ether oxygens (including phenoxy) is 2. The van der Waals surface area contributed by atoms with Crippen molar-refractivity contribution in [1.82, 2.24) is 24.5 Å². The molecule has 2 aliphatic rings. The highest BCUT2D eigenvalue weighted by atomic mass is 16.5. The van der Waals surface area contributed by atoms with Crippen LogP contribution in [-0.2, 0) is 11.3 Å². The molecule has 0 unspecified atom stereocenters. The number of piperazine rings is 1. The van der Waals surface area contributed by atoms with Gasteiger partial charge in [0.15, 0.2) is 0 Å². The molecule has 0 aromatic carbocycles. The second kappa shape index (κ2) is 10.3. The smallest absolute Gasteiger partial charge is 0.212 e. The van der Waals surface area contributed by atoms with E-state index in [-0.39, 0.29) is 6.10 Å². The van der Waals surface area contributed by atoms with E-state index in [0.29, 0.717) is 11.4 Å². The minimum atomic E-state index is 0.246. The summed E-state index contributed by atoms with van der Waals surface area (Å²) in [6, 6.07) is 12.6. The average molecular weight is 511 g/mol. The summed E-state index contributed by atoms with van der Waals surface area (Å²) >= 11 is 0. The van der Waals surface area contributed by atoms with Gasteiger partial charge in [0.05, 0.1) is 42.4 Å². The molecule has 6 rings (SSSR count). The number of hydrogen-bond acceptors (Lipinski definition) is 9. The van der Waals surface area contributed by atoms with Crippen LogP contribution < -0.4 is 14.5 Å². The predicted molar refractivity (Wildman–Crippen MR) is 144 cm³/mol. The molecule has 0 spiro atoms. The van der Waals surface area contributed by atoms with Crippen LogP contribution in [-0.4, -0.2) is 84.1 Å². The zero-order chi connectivity index (χ0) is 26.1. The number of pyridine rings is 3. The maximum Gasteiger partial charge on any atom is 0.212 e. The molecule has 0 saturated carbocycles. The van der Waals surface area contributed by atoms with Crippen molar-refractivity contribution in [3.05, 3.63) is 66.2 Å². The summed E-state index contributed by atoms with van der Waals surface area (Å²) in [4.78, 5) is 16.2.